The zero-order chi connectivity index (χ0) is 18.4. The molecular weight excluding hydrogens is 388 g/mol. The summed E-state index contributed by atoms with van der Waals surface area (Å²) in [5, 5.41) is 12.7. The van der Waals surface area contributed by atoms with Crippen LogP contribution in [0.15, 0.2) is 46.9 Å². The average molecular weight is 407 g/mol. The number of carbonyl (C=O) groups excluding carboxylic acids is 2. The van der Waals surface area contributed by atoms with Crippen molar-refractivity contribution in [2.75, 3.05) is 25.5 Å². The van der Waals surface area contributed by atoms with Gasteiger partial charge in [0.05, 0.1) is 12.7 Å². The van der Waals surface area contributed by atoms with E-state index in [0.29, 0.717) is 22.5 Å². The first-order valence-electron chi connectivity index (χ1n) is 7.66. The molecule has 0 aromatic heterocycles. The molecule has 0 aliphatic carbocycles. The summed E-state index contributed by atoms with van der Waals surface area (Å²) >= 11 is 3.23. The summed E-state index contributed by atoms with van der Waals surface area (Å²) in [6.07, 6.45) is 0. The molecule has 0 saturated carbocycles. The van der Waals surface area contributed by atoms with Crippen molar-refractivity contribution in [3.63, 3.8) is 0 Å². The van der Waals surface area contributed by atoms with Crippen LogP contribution in [-0.2, 0) is 4.79 Å². The minimum Gasteiger partial charge on any atom is -0.507 e. The van der Waals surface area contributed by atoms with Crippen molar-refractivity contribution in [2.45, 2.75) is 6.92 Å². The Bertz CT molecular complexity index is 779. The van der Waals surface area contributed by atoms with E-state index in [-0.39, 0.29) is 23.8 Å². The number of hydrogen-bond donors (Lipinski definition) is 2. The minimum absolute atomic E-state index is 0.123. The minimum atomic E-state index is -0.409. The van der Waals surface area contributed by atoms with Crippen molar-refractivity contribution in [3.8, 4) is 11.5 Å². The highest BCUT2D eigenvalue weighted by Gasteiger charge is 2.20. The monoisotopic (exact) mass is 406 g/mol. The number of hydrogen-bond acceptors (Lipinski definition) is 4. The van der Waals surface area contributed by atoms with E-state index in [2.05, 4.69) is 21.2 Å². The summed E-state index contributed by atoms with van der Waals surface area (Å²) in [5.74, 6) is -0.250. The maximum absolute atomic E-state index is 12.5. The van der Waals surface area contributed by atoms with E-state index in [4.69, 9.17) is 4.74 Å². The van der Waals surface area contributed by atoms with Gasteiger partial charge in [0.1, 0.15) is 18.0 Å². The summed E-state index contributed by atoms with van der Waals surface area (Å²) in [4.78, 5) is 26.1. The van der Waals surface area contributed by atoms with Crippen LogP contribution >= 0.6 is 15.9 Å². The molecule has 0 saturated heterocycles. The highest BCUT2D eigenvalue weighted by Crippen LogP contribution is 2.23. The number of carbonyl (C=O) groups is 2. The number of nitrogens with zero attached hydrogens (tertiary/aromatic N) is 1. The first kappa shape index (κ1) is 18.8. The molecule has 0 radical (unpaired) electrons. The number of halogens is 1. The van der Waals surface area contributed by atoms with Gasteiger partial charge in [-0.25, -0.2) is 0 Å². The predicted octanol–water partition coefficient (Wildman–Crippen LogP) is 3.26. The molecule has 0 heterocycles. The van der Waals surface area contributed by atoms with E-state index >= 15 is 0 Å². The fraction of sp³-hybridized carbons (Fsp3) is 0.222. The van der Waals surface area contributed by atoms with E-state index in [0.717, 1.165) is 0 Å². The lowest BCUT2D eigenvalue weighted by atomic mass is 10.1. The van der Waals surface area contributed by atoms with Crippen molar-refractivity contribution in [1.29, 1.82) is 0 Å². The zero-order valence-electron chi connectivity index (χ0n) is 14.0. The van der Waals surface area contributed by atoms with Gasteiger partial charge < -0.3 is 20.1 Å². The number of rotatable bonds is 6. The van der Waals surface area contributed by atoms with Crippen molar-refractivity contribution in [3.05, 3.63) is 52.5 Å². The van der Waals surface area contributed by atoms with E-state index in [1.165, 1.54) is 17.0 Å². The van der Waals surface area contributed by atoms with Gasteiger partial charge >= 0.3 is 0 Å². The highest BCUT2D eigenvalue weighted by molar-refractivity contribution is 9.10. The Hall–Kier alpha value is -2.54. The molecule has 0 unspecified atom stereocenters. The normalized spacial score (nSPS) is 10.2. The first-order chi connectivity index (χ1) is 11.9. The summed E-state index contributed by atoms with van der Waals surface area (Å²) < 4.78 is 5.78. The van der Waals surface area contributed by atoms with Crippen LogP contribution in [0.3, 0.4) is 0 Å². The van der Waals surface area contributed by atoms with Crippen LogP contribution in [-0.4, -0.2) is 42.0 Å². The number of likely N-dealkylation sites (N-methyl/N-ethyl adjacent to an activating group) is 1. The topological polar surface area (TPSA) is 78.9 Å². The Morgan fingerprint density at radius 1 is 1.24 bits per heavy atom. The third kappa shape index (κ3) is 4.96. The van der Waals surface area contributed by atoms with Crippen LogP contribution in [0.25, 0.3) is 0 Å². The zero-order valence-corrected chi connectivity index (χ0v) is 15.5. The Morgan fingerprint density at radius 2 is 2.00 bits per heavy atom. The second-order valence-electron chi connectivity index (χ2n) is 5.26. The van der Waals surface area contributed by atoms with Gasteiger partial charge in [-0.15, -0.1) is 0 Å². The number of ether oxygens (including phenoxy) is 1. The largest absolute Gasteiger partial charge is 0.507 e. The molecule has 0 aliphatic heterocycles. The third-order valence-electron chi connectivity index (χ3n) is 3.55. The quantitative estimate of drug-likeness (QED) is 0.771. The van der Waals surface area contributed by atoms with Crippen LogP contribution in [0, 0.1) is 0 Å². The number of amides is 2. The Balaban J connectivity index is 2.07. The molecule has 2 N–H and O–H groups in total. The molecule has 25 heavy (non-hydrogen) atoms. The molecule has 7 heteroatoms. The molecule has 132 valence electrons. The van der Waals surface area contributed by atoms with Crippen molar-refractivity contribution in [1.82, 2.24) is 4.90 Å². The molecule has 0 atom stereocenters. The van der Waals surface area contributed by atoms with Gasteiger partial charge in [-0.05, 0) is 37.3 Å². The molecule has 0 spiro atoms. The predicted molar refractivity (Wildman–Crippen MR) is 99.0 cm³/mol. The molecule has 0 fully saturated rings. The second-order valence-corrected chi connectivity index (χ2v) is 6.18. The van der Waals surface area contributed by atoms with Gasteiger partial charge in [0.15, 0.2) is 0 Å². The molecule has 2 amide bonds. The molecule has 0 aliphatic rings. The molecule has 2 aromatic carbocycles. The number of phenolic OH excluding ortho intramolecular Hbond substituents is 1. The molecule has 6 nitrogen and oxygen atoms in total. The number of anilines is 1. The van der Waals surface area contributed by atoms with Gasteiger partial charge in [-0.1, -0.05) is 22.0 Å². The lowest BCUT2D eigenvalue weighted by Gasteiger charge is -2.21. The molecule has 2 aromatic rings. The van der Waals surface area contributed by atoms with Gasteiger partial charge in [-0.2, -0.15) is 0 Å². The first-order valence-corrected chi connectivity index (χ1v) is 8.45. The van der Waals surface area contributed by atoms with Gasteiger partial charge in [0.2, 0.25) is 5.91 Å². The molecular formula is C18H19BrN2O4. The van der Waals surface area contributed by atoms with Gasteiger partial charge in [0.25, 0.3) is 5.91 Å². The number of phenols is 1. The number of benzene rings is 2. The lowest BCUT2D eigenvalue weighted by molar-refractivity contribution is -0.116. The summed E-state index contributed by atoms with van der Waals surface area (Å²) in [5.41, 5.74) is 0.735. The van der Waals surface area contributed by atoms with Crippen LogP contribution in [0.4, 0.5) is 5.69 Å². The van der Waals surface area contributed by atoms with Crippen LogP contribution in [0.1, 0.15) is 17.3 Å². The van der Waals surface area contributed by atoms with Gasteiger partial charge in [0, 0.05) is 22.8 Å². The summed E-state index contributed by atoms with van der Waals surface area (Å²) in [6, 6.07) is 11.6. The number of aromatic hydroxyl groups is 1. The van der Waals surface area contributed by atoms with E-state index in [1.54, 1.807) is 44.4 Å². The lowest BCUT2D eigenvalue weighted by Crippen LogP contribution is -2.37. The van der Waals surface area contributed by atoms with Gasteiger partial charge in [-0.3, -0.25) is 9.59 Å². The Labute approximate surface area is 154 Å². The van der Waals surface area contributed by atoms with E-state index in [9.17, 15) is 14.7 Å². The number of nitrogens with one attached hydrogen (secondary N) is 1. The summed E-state index contributed by atoms with van der Waals surface area (Å²) in [7, 11) is 1.54. The maximum atomic E-state index is 12.5. The summed E-state index contributed by atoms with van der Waals surface area (Å²) in [6.45, 7) is 1.98. The van der Waals surface area contributed by atoms with Crippen LogP contribution in [0.5, 0.6) is 11.5 Å². The highest BCUT2D eigenvalue weighted by atomic mass is 79.9. The smallest absolute Gasteiger partial charge is 0.258 e. The van der Waals surface area contributed by atoms with E-state index < -0.39 is 5.91 Å². The van der Waals surface area contributed by atoms with Crippen LogP contribution in [0.2, 0.25) is 0 Å². The number of methoxy groups -OCH3 is 1. The molecule has 0 bridgehead atoms. The second kappa shape index (κ2) is 8.53. The fourth-order valence-electron chi connectivity index (χ4n) is 2.26. The average Bonchev–Trinajstić information content (AvgIpc) is 2.59. The standard InChI is InChI=1S/C18H19BrN2O4/c1-3-21(18(24)15-8-7-12(19)9-16(15)22)11-17(23)20-13-5-4-6-14(10-13)25-2/h4-10,22H,3,11H2,1-2H3,(H,20,23). The van der Waals surface area contributed by atoms with Crippen molar-refractivity contribution >= 4 is 33.4 Å². The maximum Gasteiger partial charge on any atom is 0.258 e. The van der Waals surface area contributed by atoms with Crippen molar-refractivity contribution in [2.24, 2.45) is 0 Å². The Kier molecular flexibility index (Phi) is 6.41. The SMILES string of the molecule is CCN(CC(=O)Nc1cccc(OC)c1)C(=O)c1ccc(Br)cc1O. The van der Waals surface area contributed by atoms with Crippen LogP contribution < -0.4 is 10.1 Å². The molecule has 2 rings (SSSR count). The fourth-order valence-corrected chi connectivity index (χ4v) is 2.61. The van der Waals surface area contributed by atoms with Crippen molar-refractivity contribution < 1.29 is 19.4 Å². The Morgan fingerprint density at radius 3 is 2.64 bits per heavy atom. The third-order valence-corrected chi connectivity index (χ3v) is 4.04. The van der Waals surface area contributed by atoms with E-state index in [1.807, 2.05) is 0 Å².